The van der Waals surface area contributed by atoms with Crippen molar-refractivity contribution in [3.05, 3.63) is 23.8 Å². The lowest BCUT2D eigenvalue weighted by molar-refractivity contribution is 0.354. The average Bonchev–Trinajstić information content (AvgIpc) is 2.25. The molecule has 4 nitrogen and oxygen atoms in total. The molecule has 1 aromatic rings. The van der Waals surface area contributed by atoms with Crippen LogP contribution in [0.2, 0.25) is 0 Å². The summed E-state index contributed by atoms with van der Waals surface area (Å²) in [5.74, 6) is 1.39. The summed E-state index contributed by atoms with van der Waals surface area (Å²) < 4.78 is 10.4. The third-order valence-corrected chi connectivity index (χ3v) is 1.77. The molecule has 0 amide bonds. The van der Waals surface area contributed by atoms with E-state index in [0.29, 0.717) is 11.5 Å². The Labute approximate surface area is 83.5 Å². The highest BCUT2D eigenvalue weighted by molar-refractivity contribution is 5.84. The predicted octanol–water partition coefficient (Wildman–Crippen LogP) is 1.26. The van der Waals surface area contributed by atoms with Crippen molar-refractivity contribution in [1.29, 1.82) is 0 Å². The highest BCUT2D eigenvalue weighted by Gasteiger charge is 2.06. The van der Waals surface area contributed by atoms with Gasteiger partial charge in [0.1, 0.15) is 0 Å². The number of ether oxygens (including phenoxy) is 2. The van der Waals surface area contributed by atoms with Gasteiger partial charge in [0.05, 0.1) is 20.4 Å². The minimum Gasteiger partial charge on any atom is -0.493 e. The third-order valence-electron chi connectivity index (χ3n) is 1.77. The van der Waals surface area contributed by atoms with Crippen LogP contribution in [0.3, 0.4) is 0 Å². The van der Waals surface area contributed by atoms with Crippen LogP contribution >= 0.6 is 0 Å². The van der Waals surface area contributed by atoms with Gasteiger partial charge < -0.3 is 14.9 Å². The molecule has 4 heteroatoms. The van der Waals surface area contributed by atoms with Crippen LogP contribution in [0.25, 0.3) is 0 Å². The van der Waals surface area contributed by atoms with Gasteiger partial charge >= 0.3 is 0 Å². The zero-order chi connectivity index (χ0) is 10.4. The topological polar surface area (TPSA) is 42.9 Å². The molecule has 1 aromatic carbocycles. The lowest BCUT2D eigenvalue weighted by atomic mass is 10.2. The Kier molecular flexibility index (Phi) is 3.79. The fraction of sp³-hybridized carbons (Fsp3) is 0.300. The second kappa shape index (κ2) is 5.11. The van der Waals surface area contributed by atoms with E-state index in [-0.39, 0.29) is 0 Å². The normalized spacial score (nSPS) is 10.2. The molecule has 0 fully saturated rings. The number of para-hydroxylation sites is 1. The van der Waals surface area contributed by atoms with Crippen LogP contribution in [-0.2, 0) is 0 Å². The third kappa shape index (κ3) is 2.16. The molecule has 0 unspecified atom stereocenters. The molecule has 0 aliphatic carbocycles. The van der Waals surface area contributed by atoms with Gasteiger partial charge in [-0.15, -0.1) is 0 Å². The number of hydrogen-bond donors (Lipinski definition) is 1. The average molecular weight is 194 g/mol. The second-order valence-electron chi connectivity index (χ2n) is 2.56. The highest BCUT2D eigenvalue weighted by Crippen LogP contribution is 2.29. The minimum atomic E-state index is 0.689. The van der Waals surface area contributed by atoms with Crippen molar-refractivity contribution in [3.8, 4) is 11.5 Å². The van der Waals surface area contributed by atoms with Crippen molar-refractivity contribution in [2.75, 3.05) is 21.3 Å². The Morgan fingerprint density at radius 3 is 2.64 bits per heavy atom. The van der Waals surface area contributed by atoms with Crippen LogP contribution in [0.5, 0.6) is 11.5 Å². The van der Waals surface area contributed by atoms with E-state index in [0.717, 1.165) is 5.56 Å². The Balaban J connectivity index is 3.08. The largest absolute Gasteiger partial charge is 0.493 e. The van der Waals surface area contributed by atoms with Gasteiger partial charge in [0, 0.05) is 12.6 Å². The molecule has 0 saturated heterocycles. The number of benzene rings is 1. The summed E-state index contributed by atoms with van der Waals surface area (Å²) in [6, 6.07) is 5.64. The first kappa shape index (κ1) is 10.4. The van der Waals surface area contributed by atoms with Gasteiger partial charge in [-0.1, -0.05) is 6.07 Å². The van der Waals surface area contributed by atoms with E-state index in [1.807, 2.05) is 18.2 Å². The molecule has 0 aliphatic heterocycles. The van der Waals surface area contributed by atoms with E-state index < -0.39 is 0 Å². The number of nitrogens with one attached hydrogen (secondary N) is 1. The molecule has 1 N–H and O–H groups in total. The zero-order valence-electron chi connectivity index (χ0n) is 8.57. The molecule has 0 saturated carbocycles. The van der Waals surface area contributed by atoms with Crippen LogP contribution in [0.15, 0.2) is 23.3 Å². The van der Waals surface area contributed by atoms with E-state index in [1.54, 1.807) is 27.5 Å². The van der Waals surface area contributed by atoms with E-state index in [2.05, 4.69) is 10.5 Å². The van der Waals surface area contributed by atoms with E-state index in [9.17, 15) is 0 Å². The standard InChI is InChI=1S/C10H14N2O2/c1-11-12-7-8-5-4-6-9(13-2)10(8)14-3/h4-7,11H,1-3H3. The molecule has 0 spiro atoms. The lowest BCUT2D eigenvalue weighted by Crippen LogP contribution is -1.98. The molecule has 0 bridgehead atoms. The Bertz CT molecular complexity index is 324. The van der Waals surface area contributed by atoms with Crippen molar-refractivity contribution in [2.24, 2.45) is 5.10 Å². The number of hydrazone groups is 1. The Hall–Kier alpha value is -1.71. The summed E-state index contributed by atoms with van der Waals surface area (Å²) in [6.45, 7) is 0. The lowest BCUT2D eigenvalue weighted by Gasteiger charge is -2.09. The monoisotopic (exact) mass is 194 g/mol. The number of nitrogens with zero attached hydrogens (tertiary/aromatic N) is 1. The molecular formula is C10H14N2O2. The molecule has 1 rings (SSSR count). The van der Waals surface area contributed by atoms with E-state index in [4.69, 9.17) is 9.47 Å². The molecule has 0 aromatic heterocycles. The molecule has 0 atom stereocenters. The van der Waals surface area contributed by atoms with Crippen molar-refractivity contribution in [1.82, 2.24) is 5.43 Å². The quantitative estimate of drug-likeness (QED) is 0.579. The Morgan fingerprint density at radius 2 is 2.07 bits per heavy atom. The van der Waals surface area contributed by atoms with E-state index in [1.165, 1.54) is 0 Å². The summed E-state index contributed by atoms with van der Waals surface area (Å²) in [5, 5.41) is 3.92. The number of rotatable bonds is 4. The highest BCUT2D eigenvalue weighted by atomic mass is 16.5. The fourth-order valence-corrected chi connectivity index (χ4v) is 1.15. The van der Waals surface area contributed by atoms with Crippen LogP contribution in [0.1, 0.15) is 5.56 Å². The van der Waals surface area contributed by atoms with Gasteiger partial charge in [-0.3, -0.25) is 0 Å². The van der Waals surface area contributed by atoms with Crippen LogP contribution in [0, 0.1) is 0 Å². The van der Waals surface area contributed by atoms with Crippen molar-refractivity contribution >= 4 is 6.21 Å². The Morgan fingerprint density at radius 1 is 1.29 bits per heavy atom. The predicted molar refractivity (Wildman–Crippen MR) is 56.2 cm³/mol. The van der Waals surface area contributed by atoms with Gasteiger partial charge in [-0.2, -0.15) is 5.10 Å². The van der Waals surface area contributed by atoms with Crippen LogP contribution < -0.4 is 14.9 Å². The molecule has 76 valence electrons. The summed E-state index contributed by atoms with van der Waals surface area (Å²) in [7, 11) is 4.95. The maximum Gasteiger partial charge on any atom is 0.169 e. The summed E-state index contributed by atoms with van der Waals surface area (Å²) in [4.78, 5) is 0. The second-order valence-corrected chi connectivity index (χ2v) is 2.56. The molecule has 14 heavy (non-hydrogen) atoms. The number of methoxy groups -OCH3 is 2. The van der Waals surface area contributed by atoms with Crippen LogP contribution in [-0.4, -0.2) is 27.5 Å². The fourth-order valence-electron chi connectivity index (χ4n) is 1.15. The number of hydrogen-bond acceptors (Lipinski definition) is 4. The first-order valence-corrected chi connectivity index (χ1v) is 4.24. The molecule has 0 radical (unpaired) electrons. The van der Waals surface area contributed by atoms with Gasteiger partial charge in [0.2, 0.25) is 0 Å². The summed E-state index contributed by atoms with van der Waals surface area (Å²) >= 11 is 0. The summed E-state index contributed by atoms with van der Waals surface area (Å²) in [5.41, 5.74) is 3.55. The van der Waals surface area contributed by atoms with E-state index >= 15 is 0 Å². The smallest absolute Gasteiger partial charge is 0.169 e. The van der Waals surface area contributed by atoms with Gasteiger partial charge in [-0.05, 0) is 12.1 Å². The minimum absolute atomic E-state index is 0.689. The maximum absolute atomic E-state index is 5.22. The van der Waals surface area contributed by atoms with Gasteiger partial charge in [0.25, 0.3) is 0 Å². The van der Waals surface area contributed by atoms with Crippen molar-refractivity contribution < 1.29 is 9.47 Å². The molecule has 0 aliphatic rings. The van der Waals surface area contributed by atoms with Crippen LogP contribution in [0.4, 0.5) is 0 Å². The zero-order valence-corrected chi connectivity index (χ0v) is 8.57. The maximum atomic E-state index is 5.22. The first-order valence-electron chi connectivity index (χ1n) is 4.24. The van der Waals surface area contributed by atoms with Gasteiger partial charge in [0.15, 0.2) is 11.5 Å². The van der Waals surface area contributed by atoms with Crippen molar-refractivity contribution in [3.63, 3.8) is 0 Å². The first-order chi connectivity index (χ1) is 6.83. The summed E-state index contributed by atoms with van der Waals surface area (Å²) in [6.07, 6.45) is 1.68. The van der Waals surface area contributed by atoms with Gasteiger partial charge in [-0.25, -0.2) is 0 Å². The molecular weight excluding hydrogens is 180 g/mol. The van der Waals surface area contributed by atoms with Crippen molar-refractivity contribution in [2.45, 2.75) is 0 Å². The molecule has 0 heterocycles. The SMILES string of the molecule is CNN=Cc1cccc(OC)c1OC.